The van der Waals surface area contributed by atoms with E-state index in [0.717, 1.165) is 17.8 Å². The molecule has 1 aromatic rings. The Morgan fingerprint density at radius 1 is 1.58 bits per heavy atom. The first kappa shape index (κ1) is 15.2. The van der Waals surface area contributed by atoms with Gasteiger partial charge in [0, 0.05) is 18.2 Å². The minimum Gasteiger partial charge on any atom is -0.502 e. The van der Waals surface area contributed by atoms with Crippen LogP contribution in [-0.4, -0.2) is 20.9 Å². The molecule has 0 aromatic heterocycles. The number of aromatic hydroxyl groups is 1. The lowest BCUT2D eigenvalue weighted by Crippen LogP contribution is -1.92. The van der Waals surface area contributed by atoms with Crippen LogP contribution < -0.4 is 0 Å². The van der Waals surface area contributed by atoms with Crippen molar-refractivity contribution in [3.8, 4) is 5.75 Å². The van der Waals surface area contributed by atoms with Crippen molar-refractivity contribution >= 4 is 28.6 Å². The van der Waals surface area contributed by atoms with Crippen LogP contribution in [0.1, 0.15) is 18.9 Å². The van der Waals surface area contributed by atoms with Gasteiger partial charge in [0.1, 0.15) is 5.82 Å². The summed E-state index contributed by atoms with van der Waals surface area (Å²) in [6, 6.07) is 1.68. The van der Waals surface area contributed by atoms with Crippen molar-refractivity contribution in [1.29, 1.82) is 0 Å². The summed E-state index contributed by atoms with van der Waals surface area (Å²) >= 11 is 1.15. The fourth-order valence-corrected chi connectivity index (χ4v) is 1.89. The van der Waals surface area contributed by atoms with Crippen LogP contribution in [0.3, 0.4) is 0 Å². The van der Waals surface area contributed by atoms with Gasteiger partial charge in [-0.1, -0.05) is 23.9 Å². The molecule has 0 radical (unpaired) electrons. The number of nitro benzene ring substituents is 1. The summed E-state index contributed by atoms with van der Waals surface area (Å²) < 4.78 is 13.2. The van der Waals surface area contributed by atoms with Gasteiger partial charge in [-0.05, 0) is 12.5 Å². The molecule has 0 saturated carbocycles. The summed E-state index contributed by atoms with van der Waals surface area (Å²) in [4.78, 5) is 20.4. The standard InChI is InChI=1S/C12H12FNO4S/c1-8(15)19-5-3-2-4-9-6-10(13)7-11(12(9)16)14(17)18/h2,4,6-7,16H,3,5H2,1H3. The highest BCUT2D eigenvalue weighted by Crippen LogP contribution is 2.31. The zero-order valence-corrected chi connectivity index (χ0v) is 10.9. The largest absolute Gasteiger partial charge is 0.502 e. The van der Waals surface area contributed by atoms with Crippen molar-refractivity contribution in [2.24, 2.45) is 0 Å². The molecule has 19 heavy (non-hydrogen) atoms. The van der Waals surface area contributed by atoms with E-state index in [2.05, 4.69) is 0 Å². The van der Waals surface area contributed by atoms with E-state index in [0.29, 0.717) is 18.2 Å². The number of halogens is 1. The Kier molecular flexibility index (Phi) is 5.50. The second-order valence-electron chi connectivity index (χ2n) is 3.65. The average Bonchev–Trinajstić information content (AvgIpc) is 2.31. The monoisotopic (exact) mass is 285 g/mol. The fraction of sp³-hybridized carbons (Fsp3) is 0.250. The number of benzene rings is 1. The highest BCUT2D eigenvalue weighted by atomic mass is 32.2. The van der Waals surface area contributed by atoms with Gasteiger partial charge in [0.15, 0.2) is 5.12 Å². The highest BCUT2D eigenvalue weighted by molar-refractivity contribution is 8.13. The quantitative estimate of drug-likeness (QED) is 0.510. The molecule has 0 saturated heterocycles. The second kappa shape index (κ2) is 6.89. The van der Waals surface area contributed by atoms with Crippen LogP contribution in [0.15, 0.2) is 18.2 Å². The lowest BCUT2D eigenvalue weighted by Gasteiger charge is -2.01. The zero-order chi connectivity index (χ0) is 14.4. The molecule has 0 aliphatic carbocycles. The Morgan fingerprint density at radius 3 is 2.84 bits per heavy atom. The van der Waals surface area contributed by atoms with E-state index in [4.69, 9.17) is 0 Å². The molecule has 102 valence electrons. The summed E-state index contributed by atoms with van der Waals surface area (Å²) in [6.45, 7) is 1.45. The normalized spacial score (nSPS) is 10.8. The van der Waals surface area contributed by atoms with Gasteiger partial charge in [0.05, 0.1) is 11.0 Å². The molecule has 1 aromatic carbocycles. The van der Waals surface area contributed by atoms with Crippen LogP contribution in [0.25, 0.3) is 6.08 Å². The Morgan fingerprint density at radius 2 is 2.26 bits per heavy atom. The first-order valence-corrected chi connectivity index (χ1v) is 6.37. The van der Waals surface area contributed by atoms with Crippen molar-refractivity contribution in [1.82, 2.24) is 0 Å². The van der Waals surface area contributed by atoms with Gasteiger partial charge < -0.3 is 5.11 Å². The summed E-state index contributed by atoms with van der Waals surface area (Å²) in [5, 5.41) is 20.2. The van der Waals surface area contributed by atoms with Gasteiger partial charge in [-0.25, -0.2) is 4.39 Å². The summed E-state index contributed by atoms with van der Waals surface area (Å²) in [7, 11) is 0. The van der Waals surface area contributed by atoms with Crippen LogP contribution in [0.5, 0.6) is 5.75 Å². The number of rotatable bonds is 5. The van der Waals surface area contributed by atoms with Gasteiger partial charge in [-0.2, -0.15) is 0 Å². The van der Waals surface area contributed by atoms with Crippen molar-refractivity contribution in [2.75, 3.05) is 5.75 Å². The molecule has 0 unspecified atom stereocenters. The average molecular weight is 285 g/mol. The molecular weight excluding hydrogens is 273 g/mol. The molecule has 5 nitrogen and oxygen atoms in total. The van der Waals surface area contributed by atoms with E-state index >= 15 is 0 Å². The minimum absolute atomic E-state index is 0.00218. The van der Waals surface area contributed by atoms with Crippen LogP contribution >= 0.6 is 11.8 Å². The number of hydrogen-bond acceptors (Lipinski definition) is 5. The summed E-state index contributed by atoms with van der Waals surface area (Å²) in [5.41, 5.74) is -0.628. The third kappa shape index (κ3) is 4.70. The molecule has 0 aliphatic heterocycles. The number of nitro groups is 1. The van der Waals surface area contributed by atoms with E-state index in [1.165, 1.54) is 13.0 Å². The van der Waals surface area contributed by atoms with Gasteiger partial charge in [0.25, 0.3) is 0 Å². The summed E-state index contributed by atoms with van der Waals surface area (Å²) in [5.74, 6) is -0.798. The molecule has 0 aliphatic rings. The van der Waals surface area contributed by atoms with Crippen molar-refractivity contribution in [3.63, 3.8) is 0 Å². The smallest absolute Gasteiger partial charge is 0.314 e. The number of phenols is 1. The van der Waals surface area contributed by atoms with E-state index in [1.807, 2.05) is 0 Å². The van der Waals surface area contributed by atoms with Crippen molar-refractivity contribution in [3.05, 3.63) is 39.7 Å². The Labute approximate surface area is 113 Å². The molecular formula is C12H12FNO4S. The van der Waals surface area contributed by atoms with Crippen molar-refractivity contribution < 1.29 is 19.2 Å². The molecule has 0 fully saturated rings. The van der Waals surface area contributed by atoms with Crippen LogP contribution in [-0.2, 0) is 4.79 Å². The number of carbonyl (C=O) groups excluding carboxylic acids is 1. The first-order chi connectivity index (χ1) is 8.91. The first-order valence-electron chi connectivity index (χ1n) is 5.38. The molecule has 0 atom stereocenters. The third-order valence-electron chi connectivity index (χ3n) is 2.17. The van der Waals surface area contributed by atoms with Gasteiger partial charge in [0.2, 0.25) is 5.75 Å². The maximum absolute atomic E-state index is 13.2. The molecule has 0 bridgehead atoms. The van der Waals surface area contributed by atoms with Crippen LogP contribution in [0, 0.1) is 15.9 Å². The maximum Gasteiger partial charge on any atom is 0.314 e. The predicted molar refractivity (Wildman–Crippen MR) is 71.5 cm³/mol. The molecule has 0 heterocycles. The lowest BCUT2D eigenvalue weighted by molar-refractivity contribution is -0.386. The number of allylic oxidation sites excluding steroid dienone is 1. The Balaban J connectivity index is 2.80. The van der Waals surface area contributed by atoms with E-state index < -0.39 is 22.2 Å². The van der Waals surface area contributed by atoms with Crippen LogP contribution in [0.4, 0.5) is 10.1 Å². The van der Waals surface area contributed by atoms with E-state index in [1.54, 1.807) is 6.08 Å². The number of phenolic OH excluding ortho intramolecular Hbond substituents is 1. The van der Waals surface area contributed by atoms with E-state index in [9.17, 15) is 24.4 Å². The molecule has 7 heteroatoms. The fourth-order valence-electron chi connectivity index (χ4n) is 1.35. The minimum atomic E-state index is -0.846. The topological polar surface area (TPSA) is 80.4 Å². The Hall–Kier alpha value is -1.89. The molecule has 0 spiro atoms. The maximum atomic E-state index is 13.2. The third-order valence-corrected chi connectivity index (χ3v) is 3.01. The van der Waals surface area contributed by atoms with Gasteiger partial charge in [-0.15, -0.1) is 0 Å². The van der Waals surface area contributed by atoms with Gasteiger partial charge in [-0.3, -0.25) is 14.9 Å². The van der Waals surface area contributed by atoms with Gasteiger partial charge >= 0.3 is 5.69 Å². The highest BCUT2D eigenvalue weighted by Gasteiger charge is 2.17. The molecule has 1 rings (SSSR count). The Bertz CT molecular complexity index is 531. The number of nitrogens with zero attached hydrogens (tertiary/aromatic N) is 1. The van der Waals surface area contributed by atoms with Crippen LogP contribution in [0.2, 0.25) is 0 Å². The second-order valence-corrected chi connectivity index (χ2v) is 4.92. The number of carbonyl (C=O) groups is 1. The number of thioether (sulfide) groups is 1. The molecule has 1 N–H and O–H groups in total. The lowest BCUT2D eigenvalue weighted by atomic mass is 10.1. The van der Waals surface area contributed by atoms with Crippen molar-refractivity contribution in [2.45, 2.75) is 13.3 Å². The van der Waals surface area contributed by atoms with E-state index in [-0.39, 0.29) is 10.7 Å². The number of hydrogen-bond donors (Lipinski definition) is 1. The zero-order valence-electron chi connectivity index (χ0n) is 10.1. The SMILES string of the molecule is CC(=O)SCCC=Cc1cc(F)cc([N+](=O)[O-])c1O. The summed E-state index contributed by atoms with van der Waals surface area (Å²) in [6.07, 6.45) is 3.55. The molecule has 0 amide bonds. The predicted octanol–water partition coefficient (Wildman–Crippen LogP) is 3.12.